The van der Waals surface area contributed by atoms with Gasteiger partial charge in [-0.05, 0) is 29.8 Å². The molecule has 3 rings (SSSR count). The maximum Gasteiger partial charge on any atom is 0.262 e. The Bertz CT molecular complexity index is 981. The monoisotopic (exact) mass is 405 g/mol. The lowest BCUT2D eigenvalue weighted by atomic mass is 10.2. The number of nitrogens with two attached hydrogens (primary N) is 1. The zero-order valence-electron chi connectivity index (χ0n) is 16.2. The van der Waals surface area contributed by atoms with Gasteiger partial charge in [0.1, 0.15) is 24.4 Å². The highest BCUT2D eigenvalue weighted by atomic mass is 16.5. The predicted octanol–water partition coefficient (Wildman–Crippen LogP) is 3.07. The first-order valence-electron chi connectivity index (χ1n) is 9.23. The lowest BCUT2D eigenvalue weighted by Gasteiger charge is -2.17. The van der Waals surface area contributed by atoms with Crippen LogP contribution in [0.2, 0.25) is 0 Å². The molecule has 0 atom stereocenters. The molecule has 30 heavy (non-hydrogen) atoms. The number of ether oxygens (including phenoxy) is 2. The number of amides is 1. The summed E-state index contributed by atoms with van der Waals surface area (Å²) in [4.78, 5) is 12.3. The molecule has 3 aromatic rings. The number of nitrogens with zero attached hydrogens (tertiary/aromatic N) is 1. The Morgan fingerprint density at radius 2 is 1.70 bits per heavy atom. The average molecular weight is 405 g/mol. The van der Waals surface area contributed by atoms with Gasteiger partial charge in [-0.25, -0.2) is 0 Å². The lowest BCUT2D eigenvalue weighted by molar-refractivity contribution is -0.118. The largest absolute Gasteiger partial charge is 0.489 e. The van der Waals surface area contributed by atoms with E-state index in [2.05, 4.69) is 10.9 Å². The first-order chi connectivity index (χ1) is 14.7. The molecule has 8 nitrogen and oxygen atoms in total. The number of hydrazine groups is 2. The van der Waals surface area contributed by atoms with E-state index in [-0.39, 0.29) is 12.5 Å². The van der Waals surface area contributed by atoms with Gasteiger partial charge in [-0.15, -0.1) is 0 Å². The second kappa shape index (κ2) is 10.6. The molecule has 0 saturated carbocycles. The Kier molecular flexibility index (Phi) is 7.37. The molecule has 0 unspecified atom stereocenters. The number of carbonyl (C=O) groups is 1. The van der Waals surface area contributed by atoms with E-state index < -0.39 is 0 Å². The van der Waals surface area contributed by atoms with Crippen LogP contribution in [-0.2, 0) is 11.4 Å². The molecule has 0 aliphatic rings. The second-order valence-corrected chi connectivity index (χ2v) is 6.26. The van der Waals surface area contributed by atoms with Crippen molar-refractivity contribution >= 4 is 23.6 Å². The minimum atomic E-state index is -0.304. The summed E-state index contributed by atoms with van der Waals surface area (Å²) in [6.07, 6.45) is 1.03. The molecule has 8 heteroatoms. The van der Waals surface area contributed by atoms with Gasteiger partial charge in [0.2, 0.25) is 0 Å². The molecule has 0 saturated heterocycles. The first kappa shape index (κ1) is 20.8. The Morgan fingerprint density at radius 1 is 0.967 bits per heavy atom. The minimum absolute atomic E-state index is 0.167. The zero-order chi connectivity index (χ0) is 21.2. The van der Waals surface area contributed by atoms with Crippen molar-refractivity contribution in [3.05, 3.63) is 84.4 Å². The van der Waals surface area contributed by atoms with Crippen molar-refractivity contribution in [3.63, 3.8) is 0 Å². The van der Waals surface area contributed by atoms with E-state index in [4.69, 9.17) is 20.7 Å². The van der Waals surface area contributed by atoms with E-state index in [1.54, 1.807) is 36.4 Å². The number of anilines is 2. The molecule has 0 heterocycles. The van der Waals surface area contributed by atoms with Gasteiger partial charge in [0.15, 0.2) is 6.61 Å². The van der Waals surface area contributed by atoms with E-state index in [1.807, 2.05) is 42.5 Å². The Labute approximate surface area is 174 Å². The van der Waals surface area contributed by atoms with Crippen LogP contribution in [0.4, 0.5) is 11.4 Å². The number of hydrogen-bond donors (Lipinski definition) is 4. The molecule has 5 N–H and O–H groups in total. The normalized spacial score (nSPS) is 10.2. The van der Waals surface area contributed by atoms with Gasteiger partial charge in [0.05, 0.1) is 5.69 Å². The number of nitrogens with one attached hydrogen (secondary N) is 3. The summed E-state index contributed by atoms with van der Waals surface area (Å²) in [6, 6.07) is 23.9. The number of hydrogen-bond acceptors (Lipinski definition) is 6. The van der Waals surface area contributed by atoms with E-state index >= 15 is 0 Å². The quantitative estimate of drug-likeness (QED) is 0.178. The van der Waals surface area contributed by atoms with Crippen molar-refractivity contribution < 1.29 is 14.3 Å². The van der Waals surface area contributed by atoms with Gasteiger partial charge in [-0.3, -0.25) is 21.1 Å². The highest BCUT2D eigenvalue weighted by Gasteiger charge is 2.07. The van der Waals surface area contributed by atoms with Gasteiger partial charge in [0, 0.05) is 17.8 Å². The number of benzene rings is 3. The van der Waals surface area contributed by atoms with Crippen LogP contribution in [0.3, 0.4) is 0 Å². The second-order valence-electron chi connectivity index (χ2n) is 6.26. The van der Waals surface area contributed by atoms with Crippen LogP contribution in [0.1, 0.15) is 5.56 Å². The van der Waals surface area contributed by atoms with Gasteiger partial charge >= 0.3 is 0 Å². The van der Waals surface area contributed by atoms with Gasteiger partial charge in [-0.2, -0.15) is 5.53 Å². The van der Waals surface area contributed by atoms with Crippen molar-refractivity contribution in [1.29, 1.82) is 5.41 Å². The molecular weight excluding hydrogens is 382 g/mol. The maximum atomic E-state index is 12.3. The third kappa shape index (κ3) is 6.06. The van der Waals surface area contributed by atoms with Crippen LogP contribution < -0.4 is 31.2 Å². The fourth-order valence-corrected chi connectivity index (χ4v) is 2.66. The van der Waals surface area contributed by atoms with Crippen LogP contribution in [0.15, 0.2) is 78.9 Å². The summed E-state index contributed by atoms with van der Waals surface area (Å²) in [5.41, 5.74) is 4.65. The Balaban J connectivity index is 1.52. The Morgan fingerprint density at radius 3 is 2.43 bits per heavy atom. The third-order valence-electron chi connectivity index (χ3n) is 4.10. The molecular formula is C22H23N5O3. The van der Waals surface area contributed by atoms with Crippen LogP contribution in [0, 0.1) is 5.41 Å². The molecule has 1 amide bonds. The van der Waals surface area contributed by atoms with Crippen LogP contribution >= 0.6 is 0 Å². The van der Waals surface area contributed by atoms with Crippen molar-refractivity contribution in [2.24, 2.45) is 5.84 Å². The molecule has 0 aromatic heterocycles. The van der Waals surface area contributed by atoms with Crippen molar-refractivity contribution in [1.82, 2.24) is 5.53 Å². The van der Waals surface area contributed by atoms with E-state index in [9.17, 15) is 4.79 Å². The van der Waals surface area contributed by atoms with E-state index in [1.165, 1.54) is 5.01 Å². The zero-order valence-corrected chi connectivity index (χ0v) is 16.2. The predicted molar refractivity (Wildman–Crippen MR) is 116 cm³/mol. The summed E-state index contributed by atoms with van der Waals surface area (Å²) in [5, 5.41) is 11.4. The summed E-state index contributed by atoms with van der Waals surface area (Å²) < 4.78 is 11.3. The van der Waals surface area contributed by atoms with Crippen molar-refractivity contribution in [2.45, 2.75) is 6.61 Å². The lowest BCUT2D eigenvalue weighted by Crippen LogP contribution is -2.41. The molecule has 0 aliphatic heterocycles. The fourth-order valence-electron chi connectivity index (χ4n) is 2.66. The van der Waals surface area contributed by atoms with E-state index in [0.717, 1.165) is 11.9 Å². The van der Waals surface area contributed by atoms with Crippen LogP contribution in [0.5, 0.6) is 11.5 Å². The maximum absolute atomic E-state index is 12.3. The van der Waals surface area contributed by atoms with Gasteiger partial charge in [-0.1, -0.05) is 42.5 Å². The molecule has 0 spiro atoms. The molecule has 0 fully saturated rings. The molecule has 154 valence electrons. The van der Waals surface area contributed by atoms with Crippen molar-refractivity contribution in [3.8, 4) is 11.5 Å². The standard InChI is InChI=1S/C22H23N5O3/c23-16-27(26-24)19-9-5-11-21(13-19)30-15-22(28)25-18-8-4-10-20(12-18)29-14-17-6-2-1-3-7-17/h1-13,16,23,26H,14-15,24H2,(H,25,28). The van der Waals surface area contributed by atoms with Crippen LogP contribution in [0.25, 0.3) is 0 Å². The fraction of sp³-hybridized carbons (Fsp3) is 0.0909. The molecule has 3 aromatic carbocycles. The highest BCUT2D eigenvalue weighted by molar-refractivity contribution is 5.92. The summed E-state index contributed by atoms with van der Waals surface area (Å²) in [5.74, 6) is 6.18. The first-order valence-corrected chi connectivity index (χ1v) is 9.23. The number of rotatable bonds is 10. The molecule has 0 radical (unpaired) electrons. The highest BCUT2D eigenvalue weighted by Crippen LogP contribution is 2.20. The average Bonchev–Trinajstić information content (AvgIpc) is 2.78. The summed E-state index contributed by atoms with van der Waals surface area (Å²) in [7, 11) is 0. The number of carbonyl (C=O) groups excluding carboxylic acids is 1. The third-order valence-corrected chi connectivity index (χ3v) is 4.10. The summed E-state index contributed by atoms with van der Waals surface area (Å²) >= 11 is 0. The molecule has 0 aliphatic carbocycles. The minimum Gasteiger partial charge on any atom is -0.489 e. The van der Waals surface area contributed by atoms with Gasteiger partial charge in [0.25, 0.3) is 5.91 Å². The summed E-state index contributed by atoms with van der Waals surface area (Å²) in [6.45, 7) is 0.279. The van der Waals surface area contributed by atoms with Crippen LogP contribution in [-0.4, -0.2) is 18.9 Å². The smallest absolute Gasteiger partial charge is 0.262 e. The van der Waals surface area contributed by atoms with Crippen molar-refractivity contribution in [2.75, 3.05) is 16.9 Å². The molecule has 0 bridgehead atoms. The topological polar surface area (TPSA) is 113 Å². The van der Waals surface area contributed by atoms with Gasteiger partial charge < -0.3 is 14.8 Å². The SMILES string of the molecule is N=CN(NN)c1cccc(OCC(=O)Nc2cccc(OCc3ccccc3)c2)c1. The van der Waals surface area contributed by atoms with E-state index in [0.29, 0.717) is 29.5 Å². The Hall–Kier alpha value is -3.88.